The van der Waals surface area contributed by atoms with E-state index < -0.39 is 21.1 Å². The lowest BCUT2D eigenvalue weighted by atomic mass is 9.98. The molecule has 8 heteroatoms. The highest BCUT2D eigenvalue weighted by Crippen LogP contribution is 2.30. The summed E-state index contributed by atoms with van der Waals surface area (Å²) in [5, 5.41) is 0.0738. The molecular weight excluding hydrogens is 443 g/mol. The van der Waals surface area contributed by atoms with Gasteiger partial charge in [0, 0.05) is 25.8 Å². The van der Waals surface area contributed by atoms with Crippen LogP contribution in [0.5, 0.6) is 5.75 Å². The predicted octanol–water partition coefficient (Wildman–Crippen LogP) is 4.63. The van der Waals surface area contributed by atoms with Crippen molar-refractivity contribution in [2.24, 2.45) is 5.92 Å². The fraction of sp³-hybridized carbons (Fsp3) is 0.400. The van der Waals surface area contributed by atoms with Gasteiger partial charge in [0.15, 0.2) is 0 Å². The van der Waals surface area contributed by atoms with Crippen molar-refractivity contribution in [1.82, 2.24) is 4.57 Å². The highest BCUT2D eigenvalue weighted by Gasteiger charge is 2.26. The number of methoxy groups -OCH3 is 1. The second-order valence-corrected chi connectivity index (χ2v) is 10.6. The molecule has 1 aliphatic rings. The molecule has 1 fully saturated rings. The van der Waals surface area contributed by atoms with Crippen LogP contribution in [0.3, 0.4) is 0 Å². The molecular formula is C25H29FN2O4S. The van der Waals surface area contributed by atoms with Crippen LogP contribution in [0.15, 0.2) is 57.2 Å². The Balaban J connectivity index is 1.88. The zero-order chi connectivity index (χ0) is 23.8. The Morgan fingerprint density at radius 2 is 1.79 bits per heavy atom. The van der Waals surface area contributed by atoms with Gasteiger partial charge in [0.2, 0.25) is 15.3 Å². The third-order valence-corrected chi connectivity index (χ3v) is 8.13. The lowest BCUT2D eigenvalue weighted by molar-refractivity contribution is 0.414. The van der Waals surface area contributed by atoms with E-state index >= 15 is 4.39 Å². The summed E-state index contributed by atoms with van der Waals surface area (Å²) >= 11 is 0. The molecule has 176 valence electrons. The maximum absolute atomic E-state index is 15.2. The van der Waals surface area contributed by atoms with Gasteiger partial charge in [-0.05, 0) is 61.6 Å². The zero-order valence-electron chi connectivity index (χ0n) is 19.2. The quantitative estimate of drug-likeness (QED) is 0.523. The Morgan fingerprint density at radius 1 is 1.12 bits per heavy atom. The fourth-order valence-electron chi connectivity index (χ4n) is 4.36. The Labute approximate surface area is 193 Å². The fourth-order valence-corrected chi connectivity index (χ4v) is 5.73. The highest BCUT2D eigenvalue weighted by atomic mass is 32.2. The number of sulfone groups is 1. The van der Waals surface area contributed by atoms with Crippen LogP contribution in [-0.2, 0) is 16.4 Å². The van der Waals surface area contributed by atoms with Crippen LogP contribution >= 0.6 is 0 Å². The summed E-state index contributed by atoms with van der Waals surface area (Å²) < 4.78 is 48.7. The molecule has 0 amide bonds. The predicted molar refractivity (Wildman–Crippen MR) is 128 cm³/mol. The van der Waals surface area contributed by atoms with E-state index in [4.69, 9.17) is 4.74 Å². The molecule has 0 N–H and O–H groups in total. The monoisotopic (exact) mass is 472 g/mol. The number of pyridine rings is 1. The summed E-state index contributed by atoms with van der Waals surface area (Å²) in [6, 6.07) is 8.77. The molecule has 33 heavy (non-hydrogen) atoms. The van der Waals surface area contributed by atoms with Crippen molar-refractivity contribution < 1.29 is 17.5 Å². The number of rotatable bonds is 6. The lowest BCUT2D eigenvalue weighted by Gasteiger charge is -2.32. The molecule has 0 atom stereocenters. The number of benzene rings is 2. The van der Waals surface area contributed by atoms with Gasteiger partial charge in [-0.25, -0.2) is 12.8 Å². The molecule has 1 aromatic heterocycles. The van der Waals surface area contributed by atoms with Crippen LogP contribution in [0, 0.1) is 11.7 Å². The third kappa shape index (κ3) is 4.36. The molecule has 0 saturated carbocycles. The summed E-state index contributed by atoms with van der Waals surface area (Å²) in [5.74, 6) is 0.613. The molecule has 0 bridgehead atoms. The van der Waals surface area contributed by atoms with Gasteiger partial charge in [-0.3, -0.25) is 4.79 Å². The van der Waals surface area contributed by atoms with Crippen molar-refractivity contribution in [2.75, 3.05) is 25.1 Å². The molecule has 0 radical (unpaired) electrons. The normalized spacial score (nSPS) is 15.2. The van der Waals surface area contributed by atoms with Crippen LogP contribution in [0.1, 0.15) is 33.1 Å². The molecule has 2 aromatic carbocycles. The molecule has 6 nitrogen and oxygen atoms in total. The SMILES string of the molecule is CCCn1cc(S(=O)(=O)c2ccc(OC)cc2)c(=O)c2cc(F)c(N3CCC(C)CC3)cc21. The van der Waals surface area contributed by atoms with E-state index in [1.54, 1.807) is 10.6 Å². The smallest absolute Gasteiger partial charge is 0.211 e. The number of piperidine rings is 1. The topological polar surface area (TPSA) is 68.6 Å². The first-order chi connectivity index (χ1) is 15.8. The van der Waals surface area contributed by atoms with Crippen LogP contribution in [0.25, 0.3) is 10.9 Å². The maximum atomic E-state index is 15.2. The molecule has 3 aromatic rings. The minimum Gasteiger partial charge on any atom is -0.497 e. The summed E-state index contributed by atoms with van der Waals surface area (Å²) in [4.78, 5) is 15.0. The van der Waals surface area contributed by atoms with Gasteiger partial charge >= 0.3 is 0 Å². The van der Waals surface area contributed by atoms with E-state index in [1.807, 2.05) is 11.8 Å². The molecule has 0 spiro atoms. The van der Waals surface area contributed by atoms with E-state index in [9.17, 15) is 13.2 Å². The van der Waals surface area contributed by atoms with Crippen molar-refractivity contribution in [1.29, 1.82) is 0 Å². The number of fused-ring (bicyclic) bond motifs is 1. The van der Waals surface area contributed by atoms with Crippen LogP contribution in [0.4, 0.5) is 10.1 Å². The number of anilines is 1. The average molecular weight is 473 g/mol. The van der Waals surface area contributed by atoms with E-state index in [0.29, 0.717) is 29.4 Å². The summed E-state index contributed by atoms with van der Waals surface area (Å²) in [7, 11) is -2.61. The zero-order valence-corrected chi connectivity index (χ0v) is 20.0. The van der Waals surface area contributed by atoms with Crippen LogP contribution in [0.2, 0.25) is 0 Å². The first-order valence-corrected chi connectivity index (χ1v) is 12.8. The Kier molecular flexibility index (Phi) is 6.47. The lowest BCUT2D eigenvalue weighted by Crippen LogP contribution is -2.33. The van der Waals surface area contributed by atoms with Gasteiger partial charge < -0.3 is 14.2 Å². The number of hydrogen-bond acceptors (Lipinski definition) is 5. The van der Waals surface area contributed by atoms with E-state index in [1.165, 1.54) is 43.6 Å². The maximum Gasteiger partial charge on any atom is 0.211 e. The summed E-state index contributed by atoms with van der Waals surface area (Å²) in [6.07, 6.45) is 4.10. The third-order valence-electron chi connectivity index (χ3n) is 6.36. The van der Waals surface area contributed by atoms with Crippen molar-refractivity contribution in [3.8, 4) is 5.75 Å². The van der Waals surface area contributed by atoms with Crippen molar-refractivity contribution >= 4 is 26.4 Å². The number of nitrogens with zero attached hydrogens (tertiary/aromatic N) is 2. The number of aromatic nitrogens is 1. The van der Waals surface area contributed by atoms with Gasteiger partial charge in [0.1, 0.15) is 16.5 Å². The number of hydrogen-bond donors (Lipinski definition) is 0. The Morgan fingerprint density at radius 3 is 2.39 bits per heavy atom. The second kappa shape index (κ2) is 9.17. The van der Waals surface area contributed by atoms with Crippen LogP contribution < -0.4 is 15.1 Å². The number of aryl methyl sites for hydroxylation is 1. The molecule has 1 saturated heterocycles. The number of ether oxygens (including phenoxy) is 1. The summed E-state index contributed by atoms with van der Waals surface area (Å²) in [5.41, 5.74) is 0.320. The highest BCUT2D eigenvalue weighted by molar-refractivity contribution is 7.91. The second-order valence-electron chi connectivity index (χ2n) is 8.69. The van der Waals surface area contributed by atoms with E-state index in [-0.39, 0.29) is 15.2 Å². The number of halogens is 1. The molecule has 4 rings (SSSR count). The van der Waals surface area contributed by atoms with Crippen LogP contribution in [-0.4, -0.2) is 33.2 Å². The first-order valence-electron chi connectivity index (χ1n) is 11.3. The summed E-state index contributed by atoms with van der Waals surface area (Å²) in [6.45, 7) is 6.18. The molecule has 0 unspecified atom stereocenters. The van der Waals surface area contributed by atoms with Gasteiger partial charge in [0.25, 0.3) is 0 Å². The molecule has 0 aliphatic carbocycles. The minimum atomic E-state index is -4.10. The molecule has 2 heterocycles. The van der Waals surface area contributed by atoms with E-state index in [0.717, 1.165) is 32.4 Å². The Hall–Kier alpha value is -2.87. The van der Waals surface area contributed by atoms with Gasteiger partial charge in [-0.1, -0.05) is 13.8 Å². The first kappa shape index (κ1) is 23.3. The Bertz CT molecular complexity index is 1330. The van der Waals surface area contributed by atoms with Gasteiger partial charge in [-0.15, -0.1) is 0 Å². The minimum absolute atomic E-state index is 0.0117. The van der Waals surface area contributed by atoms with Crippen molar-refractivity contribution in [2.45, 2.75) is 49.4 Å². The van der Waals surface area contributed by atoms with Gasteiger partial charge in [-0.2, -0.15) is 0 Å². The standard InChI is InChI=1S/C25H29FN2O4S/c1-4-11-28-16-24(33(30,31)19-7-5-18(32-3)6-8-19)25(29)20-14-21(26)23(15-22(20)28)27-12-9-17(2)10-13-27/h5-8,14-17H,4,9-13H2,1-3H3. The average Bonchev–Trinajstić information content (AvgIpc) is 2.81. The largest absolute Gasteiger partial charge is 0.497 e. The van der Waals surface area contributed by atoms with Crippen molar-refractivity contribution in [3.05, 3.63) is 58.6 Å². The van der Waals surface area contributed by atoms with Gasteiger partial charge in [0.05, 0.1) is 28.6 Å². The van der Waals surface area contributed by atoms with E-state index in [2.05, 4.69) is 6.92 Å². The molecule has 1 aliphatic heterocycles. The van der Waals surface area contributed by atoms with Crippen molar-refractivity contribution in [3.63, 3.8) is 0 Å².